The molecule has 0 bridgehead atoms. The van der Waals surface area contributed by atoms with Crippen LogP contribution in [0.3, 0.4) is 0 Å². The zero-order valence-electron chi connectivity index (χ0n) is 9.26. The number of halogens is 1. The predicted octanol–water partition coefficient (Wildman–Crippen LogP) is 3.36. The fourth-order valence-electron chi connectivity index (χ4n) is 1.92. The van der Waals surface area contributed by atoms with Gasteiger partial charge in [-0.15, -0.1) is 0 Å². The zero-order valence-corrected chi connectivity index (χ0v) is 10.0. The first-order valence-electron chi connectivity index (χ1n) is 5.30. The Bertz CT molecular complexity index is 688. The van der Waals surface area contributed by atoms with Crippen molar-refractivity contribution in [1.82, 2.24) is 14.6 Å². The molecule has 0 spiro atoms. The van der Waals surface area contributed by atoms with E-state index in [1.54, 1.807) is 12.4 Å². The third kappa shape index (κ3) is 1.68. The number of hydrogen-bond donors (Lipinski definition) is 0. The lowest BCUT2D eigenvalue weighted by atomic mass is 10.1. The van der Waals surface area contributed by atoms with Crippen LogP contribution in [0.1, 0.15) is 5.56 Å². The normalized spacial score (nSPS) is 10.9. The van der Waals surface area contributed by atoms with Crippen LogP contribution in [-0.4, -0.2) is 14.6 Å². The highest BCUT2D eigenvalue weighted by atomic mass is 35.5. The van der Waals surface area contributed by atoms with Gasteiger partial charge in [-0.25, -0.2) is 4.52 Å². The molecule has 0 saturated carbocycles. The third-order valence-corrected chi connectivity index (χ3v) is 2.99. The highest BCUT2D eigenvalue weighted by Gasteiger charge is 2.08. The quantitative estimate of drug-likeness (QED) is 0.656. The summed E-state index contributed by atoms with van der Waals surface area (Å²) in [6.07, 6.45) is 5.38. The number of aromatic nitrogens is 3. The predicted molar refractivity (Wildman–Crippen MR) is 68.2 cm³/mol. The Morgan fingerprint density at radius 1 is 1.18 bits per heavy atom. The minimum Gasteiger partial charge on any atom is -0.264 e. The summed E-state index contributed by atoms with van der Waals surface area (Å²) < 4.78 is 1.87. The summed E-state index contributed by atoms with van der Waals surface area (Å²) in [4.78, 5) is 4.16. The highest BCUT2D eigenvalue weighted by Crippen LogP contribution is 2.26. The second kappa shape index (κ2) is 3.86. The van der Waals surface area contributed by atoms with Crippen molar-refractivity contribution in [2.75, 3.05) is 0 Å². The average Bonchev–Trinajstić information content (AvgIpc) is 2.76. The molecule has 84 valence electrons. The second-order valence-corrected chi connectivity index (χ2v) is 4.35. The maximum absolute atomic E-state index is 6.12. The van der Waals surface area contributed by atoms with Gasteiger partial charge in [-0.3, -0.25) is 4.98 Å². The summed E-state index contributed by atoms with van der Waals surface area (Å²) in [5.74, 6) is 0. The minimum atomic E-state index is 0.705. The molecule has 3 nitrogen and oxygen atoms in total. The van der Waals surface area contributed by atoms with E-state index in [1.807, 2.05) is 41.9 Å². The lowest BCUT2D eigenvalue weighted by molar-refractivity contribution is 0.966. The van der Waals surface area contributed by atoms with Gasteiger partial charge < -0.3 is 0 Å². The van der Waals surface area contributed by atoms with Gasteiger partial charge in [0, 0.05) is 23.0 Å². The van der Waals surface area contributed by atoms with E-state index in [2.05, 4.69) is 10.1 Å². The van der Waals surface area contributed by atoms with Crippen molar-refractivity contribution in [2.45, 2.75) is 6.92 Å². The van der Waals surface area contributed by atoms with Crippen molar-refractivity contribution >= 4 is 17.1 Å². The molecule has 3 aromatic rings. The minimum absolute atomic E-state index is 0.705. The van der Waals surface area contributed by atoms with Crippen molar-refractivity contribution in [3.8, 4) is 11.3 Å². The first-order chi connectivity index (χ1) is 8.25. The van der Waals surface area contributed by atoms with Crippen LogP contribution in [0.25, 0.3) is 16.8 Å². The molecular weight excluding hydrogens is 234 g/mol. The third-order valence-electron chi connectivity index (χ3n) is 2.78. The van der Waals surface area contributed by atoms with E-state index >= 15 is 0 Å². The van der Waals surface area contributed by atoms with Crippen molar-refractivity contribution in [2.24, 2.45) is 0 Å². The van der Waals surface area contributed by atoms with Crippen LogP contribution in [0, 0.1) is 6.92 Å². The van der Waals surface area contributed by atoms with Gasteiger partial charge >= 0.3 is 0 Å². The number of fused-ring (bicyclic) bond motifs is 1. The lowest BCUT2D eigenvalue weighted by Gasteiger charge is -2.08. The number of pyridine rings is 2. The molecule has 0 radical (unpaired) electrons. The maximum Gasteiger partial charge on any atom is 0.0757 e. The van der Waals surface area contributed by atoms with Gasteiger partial charge in [0.25, 0.3) is 0 Å². The maximum atomic E-state index is 6.12. The Balaban J connectivity index is 2.37. The molecule has 0 N–H and O–H groups in total. The van der Waals surface area contributed by atoms with Crippen molar-refractivity contribution < 1.29 is 0 Å². The summed E-state index contributed by atoms with van der Waals surface area (Å²) in [5, 5.41) is 5.01. The molecule has 0 fully saturated rings. The average molecular weight is 244 g/mol. The molecule has 3 rings (SSSR count). The van der Waals surface area contributed by atoms with Crippen molar-refractivity contribution in [1.29, 1.82) is 0 Å². The summed E-state index contributed by atoms with van der Waals surface area (Å²) in [5.41, 5.74) is 4.14. The summed E-state index contributed by atoms with van der Waals surface area (Å²) in [6, 6.07) is 7.71. The van der Waals surface area contributed by atoms with E-state index in [-0.39, 0.29) is 0 Å². The lowest BCUT2D eigenvalue weighted by Crippen LogP contribution is -1.96. The standard InChI is InChI=1S/C13H10ClN3/c1-9-2-4-15-8-12(9)13-7-10(14)6-11-3-5-16-17(11)13/h2-8H,1H3. The Kier molecular flexibility index (Phi) is 2.34. The van der Waals surface area contributed by atoms with E-state index in [9.17, 15) is 0 Å². The molecule has 0 aliphatic heterocycles. The first kappa shape index (κ1) is 10.3. The molecule has 0 atom stereocenters. The monoisotopic (exact) mass is 243 g/mol. The SMILES string of the molecule is Cc1ccncc1-c1cc(Cl)cc2ccnn12. The van der Waals surface area contributed by atoms with Gasteiger partial charge in [-0.1, -0.05) is 11.6 Å². The Labute approximate surface area is 104 Å². The number of hydrogen-bond acceptors (Lipinski definition) is 2. The largest absolute Gasteiger partial charge is 0.264 e. The molecule has 3 heterocycles. The molecule has 3 aromatic heterocycles. The molecular formula is C13H10ClN3. The fourth-order valence-corrected chi connectivity index (χ4v) is 2.14. The molecule has 4 heteroatoms. The van der Waals surface area contributed by atoms with Crippen LogP contribution >= 0.6 is 11.6 Å². The molecule has 17 heavy (non-hydrogen) atoms. The Morgan fingerprint density at radius 2 is 2.06 bits per heavy atom. The van der Waals surface area contributed by atoms with Gasteiger partial charge in [0.1, 0.15) is 0 Å². The van der Waals surface area contributed by atoms with E-state index in [0.29, 0.717) is 5.02 Å². The van der Waals surface area contributed by atoms with Gasteiger partial charge in [0.2, 0.25) is 0 Å². The zero-order chi connectivity index (χ0) is 11.8. The van der Waals surface area contributed by atoms with E-state index in [0.717, 1.165) is 22.3 Å². The molecule has 0 amide bonds. The van der Waals surface area contributed by atoms with Gasteiger partial charge in [-0.05, 0) is 36.8 Å². The number of aryl methyl sites for hydroxylation is 1. The van der Waals surface area contributed by atoms with Crippen LogP contribution in [0.4, 0.5) is 0 Å². The summed E-state index contributed by atoms with van der Waals surface area (Å²) in [7, 11) is 0. The fraction of sp³-hybridized carbons (Fsp3) is 0.0769. The van der Waals surface area contributed by atoms with E-state index in [1.165, 1.54) is 0 Å². The first-order valence-corrected chi connectivity index (χ1v) is 5.68. The second-order valence-electron chi connectivity index (χ2n) is 3.92. The highest BCUT2D eigenvalue weighted by molar-refractivity contribution is 6.31. The molecule has 0 aromatic carbocycles. The number of nitrogens with zero attached hydrogens (tertiary/aromatic N) is 3. The summed E-state index contributed by atoms with van der Waals surface area (Å²) >= 11 is 6.12. The Hall–Kier alpha value is -1.87. The van der Waals surface area contributed by atoms with Crippen LogP contribution in [0.5, 0.6) is 0 Å². The van der Waals surface area contributed by atoms with Crippen molar-refractivity contribution in [3.05, 3.63) is 53.4 Å². The molecule has 0 aliphatic rings. The van der Waals surface area contributed by atoms with Gasteiger partial charge in [-0.2, -0.15) is 5.10 Å². The summed E-state index contributed by atoms with van der Waals surface area (Å²) in [6.45, 7) is 2.05. The smallest absolute Gasteiger partial charge is 0.0757 e. The molecule has 0 saturated heterocycles. The topological polar surface area (TPSA) is 30.2 Å². The van der Waals surface area contributed by atoms with Crippen LogP contribution in [0.15, 0.2) is 42.9 Å². The molecule has 0 aliphatic carbocycles. The number of rotatable bonds is 1. The Morgan fingerprint density at radius 3 is 2.88 bits per heavy atom. The van der Waals surface area contributed by atoms with Crippen LogP contribution in [0.2, 0.25) is 5.02 Å². The van der Waals surface area contributed by atoms with E-state index in [4.69, 9.17) is 11.6 Å². The van der Waals surface area contributed by atoms with Crippen molar-refractivity contribution in [3.63, 3.8) is 0 Å². The van der Waals surface area contributed by atoms with Gasteiger partial charge in [0.15, 0.2) is 0 Å². The van der Waals surface area contributed by atoms with E-state index < -0.39 is 0 Å². The van der Waals surface area contributed by atoms with Crippen LogP contribution in [-0.2, 0) is 0 Å². The van der Waals surface area contributed by atoms with Crippen LogP contribution < -0.4 is 0 Å². The molecule has 0 unspecified atom stereocenters. The van der Waals surface area contributed by atoms with Gasteiger partial charge in [0.05, 0.1) is 17.4 Å².